The van der Waals surface area contributed by atoms with Crippen molar-refractivity contribution >= 4 is 11.8 Å². The fourth-order valence-electron chi connectivity index (χ4n) is 6.49. The second kappa shape index (κ2) is 6.64. The molecule has 0 aromatic heterocycles. The summed E-state index contributed by atoms with van der Waals surface area (Å²) in [6.45, 7) is 4.14. The first-order valence-electron chi connectivity index (χ1n) is 10.8. The minimum atomic E-state index is -0.580. The highest BCUT2D eigenvalue weighted by molar-refractivity contribution is 5.88. The van der Waals surface area contributed by atoms with Crippen molar-refractivity contribution in [2.24, 2.45) is 23.2 Å². The molecular weight excluding hydrogens is 368 g/mol. The molecule has 0 saturated heterocycles. The molecule has 4 fully saturated rings. The Labute approximate surface area is 171 Å². The number of benzene rings is 1. The number of rotatable bonds is 5. The summed E-state index contributed by atoms with van der Waals surface area (Å²) in [6, 6.07) is 5.69. The molecule has 156 valence electrons. The van der Waals surface area contributed by atoms with Crippen molar-refractivity contribution in [3.05, 3.63) is 23.8 Å². The van der Waals surface area contributed by atoms with E-state index >= 15 is 0 Å². The first-order valence-corrected chi connectivity index (χ1v) is 10.8. The zero-order valence-electron chi connectivity index (χ0n) is 17.3. The van der Waals surface area contributed by atoms with Crippen molar-refractivity contribution < 1.29 is 19.1 Å². The maximum atomic E-state index is 13.0. The average Bonchev–Trinajstić information content (AvgIpc) is 3.12. The van der Waals surface area contributed by atoms with Crippen LogP contribution in [-0.2, 0) is 15.1 Å². The zero-order chi connectivity index (χ0) is 20.2. The fourth-order valence-corrected chi connectivity index (χ4v) is 6.49. The molecule has 4 aliphatic carbocycles. The smallest absolute Gasteiger partial charge is 0.240 e. The molecule has 6 nitrogen and oxygen atoms in total. The Bertz CT molecular complexity index is 812. The van der Waals surface area contributed by atoms with Gasteiger partial charge in [-0.25, -0.2) is 0 Å². The third kappa shape index (κ3) is 3.36. The van der Waals surface area contributed by atoms with Gasteiger partial charge in [-0.2, -0.15) is 0 Å². The standard InChI is InChI=1S/C23H30N2O4/c1-22(2,17-3-4-18-19(8-17)29-13-28-18)25-20(26)12-24-21(27)23-9-14-5-15(10-23)7-16(6-14)11-23/h3-4,8,14-16H,5-7,9-13H2,1-2H3,(H,24,27)(H,25,26). The van der Waals surface area contributed by atoms with Gasteiger partial charge in [-0.1, -0.05) is 6.07 Å². The van der Waals surface area contributed by atoms with E-state index in [4.69, 9.17) is 9.47 Å². The molecular formula is C23H30N2O4. The predicted molar refractivity (Wildman–Crippen MR) is 107 cm³/mol. The van der Waals surface area contributed by atoms with E-state index in [0.29, 0.717) is 23.5 Å². The molecule has 5 aliphatic rings. The van der Waals surface area contributed by atoms with Crippen LogP contribution < -0.4 is 20.1 Å². The minimum Gasteiger partial charge on any atom is -0.454 e. The molecule has 1 aromatic rings. The van der Waals surface area contributed by atoms with Crippen LogP contribution in [0, 0.1) is 23.2 Å². The van der Waals surface area contributed by atoms with Gasteiger partial charge < -0.3 is 20.1 Å². The van der Waals surface area contributed by atoms with Gasteiger partial charge in [0.1, 0.15) is 0 Å². The average molecular weight is 399 g/mol. The normalized spacial score (nSPS) is 31.6. The van der Waals surface area contributed by atoms with E-state index in [-0.39, 0.29) is 30.6 Å². The van der Waals surface area contributed by atoms with Crippen LogP contribution in [0.2, 0.25) is 0 Å². The predicted octanol–water partition coefficient (Wildman–Crippen LogP) is 3.10. The molecule has 0 radical (unpaired) electrons. The van der Waals surface area contributed by atoms with Crippen LogP contribution in [0.1, 0.15) is 57.9 Å². The van der Waals surface area contributed by atoms with Crippen molar-refractivity contribution in [2.75, 3.05) is 13.3 Å². The van der Waals surface area contributed by atoms with Gasteiger partial charge in [0.25, 0.3) is 0 Å². The lowest BCUT2D eigenvalue weighted by molar-refractivity contribution is -0.147. The summed E-state index contributed by atoms with van der Waals surface area (Å²) >= 11 is 0. The lowest BCUT2D eigenvalue weighted by atomic mass is 9.49. The molecule has 2 N–H and O–H groups in total. The van der Waals surface area contributed by atoms with E-state index in [2.05, 4.69) is 10.6 Å². The summed E-state index contributed by atoms with van der Waals surface area (Å²) in [5.74, 6) is 3.47. The van der Waals surface area contributed by atoms with Gasteiger partial charge in [-0.05, 0) is 87.8 Å². The molecule has 29 heavy (non-hydrogen) atoms. The molecule has 1 heterocycles. The second-order valence-electron chi connectivity index (χ2n) is 10.1. The maximum Gasteiger partial charge on any atom is 0.240 e. The molecule has 0 spiro atoms. The van der Waals surface area contributed by atoms with E-state index in [1.807, 2.05) is 32.0 Å². The van der Waals surface area contributed by atoms with Crippen LogP contribution in [0.4, 0.5) is 0 Å². The first-order chi connectivity index (χ1) is 13.8. The van der Waals surface area contributed by atoms with Crippen LogP contribution in [0.25, 0.3) is 0 Å². The molecule has 6 rings (SSSR count). The Kier molecular flexibility index (Phi) is 4.30. The SMILES string of the molecule is CC(C)(NC(=O)CNC(=O)C12CC3CC(CC(C3)C1)C2)c1ccc2c(c1)OCO2. The van der Waals surface area contributed by atoms with Gasteiger partial charge in [-0.15, -0.1) is 0 Å². The summed E-state index contributed by atoms with van der Waals surface area (Å²) in [5, 5.41) is 6.00. The van der Waals surface area contributed by atoms with Gasteiger partial charge in [0.15, 0.2) is 11.5 Å². The molecule has 6 heteroatoms. The second-order valence-corrected chi connectivity index (χ2v) is 10.1. The fraction of sp³-hybridized carbons (Fsp3) is 0.652. The molecule has 0 unspecified atom stereocenters. The topological polar surface area (TPSA) is 76.7 Å². The van der Waals surface area contributed by atoms with E-state index in [9.17, 15) is 9.59 Å². The number of nitrogens with one attached hydrogen (secondary N) is 2. The maximum absolute atomic E-state index is 13.0. The summed E-state index contributed by atoms with van der Waals surface area (Å²) in [6.07, 6.45) is 6.93. The molecule has 1 aliphatic heterocycles. The van der Waals surface area contributed by atoms with Crippen LogP contribution in [0.5, 0.6) is 11.5 Å². The number of amides is 2. The number of fused-ring (bicyclic) bond motifs is 1. The van der Waals surface area contributed by atoms with E-state index in [0.717, 1.165) is 30.6 Å². The molecule has 0 atom stereocenters. The van der Waals surface area contributed by atoms with Crippen molar-refractivity contribution in [1.82, 2.24) is 10.6 Å². The van der Waals surface area contributed by atoms with Crippen LogP contribution in [0.3, 0.4) is 0 Å². The van der Waals surface area contributed by atoms with Crippen molar-refractivity contribution in [3.63, 3.8) is 0 Å². The summed E-state index contributed by atoms with van der Waals surface area (Å²) in [7, 11) is 0. The van der Waals surface area contributed by atoms with E-state index in [1.54, 1.807) is 0 Å². The molecule has 1 aromatic carbocycles. The Hall–Kier alpha value is -2.24. The van der Waals surface area contributed by atoms with Crippen LogP contribution in [-0.4, -0.2) is 25.2 Å². The highest BCUT2D eigenvalue weighted by Crippen LogP contribution is 2.60. The minimum absolute atomic E-state index is 0.0224. The van der Waals surface area contributed by atoms with Gasteiger partial charge in [-0.3, -0.25) is 9.59 Å². The zero-order valence-corrected chi connectivity index (χ0v) is 17.3. The van der Waals surface area contributed by atoms with Crippen LogP contribution in [0.15, 0.2) is 18.2 Å². The number of hydrogen-bond acceptors (Lipinski definition) is 4. The lowest BCUT2D eigenvalue weighted by Gasteiger charge is -2.55. The van der Waals surface area contributed by atoms with Crippen molar-refractivity contribution in [1.29, 1.82) is 0 Å². The first kappa shape index (κ1) is 18.8. The largest absolute Gasteiger partial charge is 0.454 e. The Morgan fingerprint density at radius 3 is 2.31 bits per heavy atom. The Balaban J connectivity index is 1.19. The molecule has 2 amide bonds. The highest BCUT2D eigenvalue weighted by atomic mass is 16.7. The Morgan fingerprint density at radius 2 is 1.66 bits per heavy atom. The highest BCUT2D eigenvalue weighted by Gasteiger charge is 2.54. The number of carbonyl (C=O) groups is 2. The van der Waals surface area contributed by atoms with Gasteiger partial charge in [0.05, 0.1) is 12.1 Å². The van der Waals surface area contributed by atoms with Crippen molar-refractivity contribution in [2.45, 2.75) is 57.9 Å². The van der Waals surface area contributed by atoms with Gasteiger partial charge >= 0.3 is 0 Å². The summed E-state index contributed by atoms with van der Waals surface area (Å²) < 4.78 is 10.8. The van der Waals surface area contributed by atoms with E-state index in [1.165, 1.54) is 19.3 Å². The number of ether oxygens (including phenoxy) is 2. The monoisotopic (exact) mass is 398 g/mol. The quantitative estimate of drug-likeness (QED) is 0.799. The summed E-state index contributed by atoms with van der Waals surface area (Å²) in [4.78, 5) is 25.7. The Morgan fingerprint density at radius 1 is 1.03 bits per heavy atom. The van der Waals surface area contributed by atoms with E-state index < -0.39 is 5.54 Å². The lowest BCUT2D eigenvalue weighted by Crippen LogP contribution is -2.55. The third-order valence-corrected chi connectivity index (χ3v) is 7.48. The van der Waals surface area contributed by atoms with Crippen molar-refractivity contribution in [3.8, 4) is 11.5 Å². The van der Waals surface area contributed by atoms with Gasteiger partial charge in [0.2, 0.25) is 18.6 Å². The molecule has 4 saturated carbocycles. The molecule has 4 bridgehead atoms. The third-order valence-electron chi connectivity index (χ3n) is 7.48. The van der Waals surface area contributed by atoms with Gasteiger partial charge in [0, 0.05) is 5.41 Å². The van der Waals surface area contributed by atoms with Crippen LogP contribution >= 0.6 is 0 Å². The summed E-state index contributed by atoms with van der Waals surface area (Å²) in [5.41, 5.74) is 0.133. The number of carbonyl (C=O) groups excluding carboxylic acids is 2. The number of hydrogen-bond donors (Lipinski definition) is 2.